The van der Waals surface area contributed by atoms with Gasteiger partial charge in [0.05, 0.1) is 19.1 Å². The molecule has 0 spiro atoms. The summed E-state index contributed by atoms with van der Waals surface area (Å²) in [5.74, 6) is 0. The van der Waals surface area contributed by atoms with Crippen LogP contribution in [0.3, 0.4) is 0 Å². The highest BCUT2D eigenvalue weighted by atomic mass is 31.2. The molecule has 0 heterocycles. The summed E-state index contributed by atoms with van der Waals surface area (Å²) in [5.41, 5.74) is 0. The van der Waals surface area contributed by atoms with Gasteiger partial charge < -0.3 is 13.6 Å². The van der Waals surface area contributed by atoms with E-state index in [1.807, 2.05) is 0 Å². The molecule has 0 aliphatic heterocycles. The Morgan fingerprint density at radius 3 is 1.87 bits per heavy atom. The van der Waals surface area contributed by atoms with Crippen LogP contribution in [-0.4, -0.2) is 18.6 Å². The Hall–Kier alpha value is -1.10. The topological polar surface area (TPSA) is 91.3 Å². The van der Waals surface area contributed by atoms with E-state index < -0.39 is 16.1 Å². The van der Waals surface area contributed by atoms with Gasteiger partial charge in [0.2, 0.25) is 0 Å². The monoisotopic (exact) mass is 464 g/mol. The summed E-state index contributed by atoms with van der Waals surface area (Å²) in [6.07, 6.45) is 23.9. The Morgan fingerprint density at radius 1 is 0.800 bits per heavy atom. The van der Waals surface area contributed by atoms with Crippen LogP contribution in [0.1, 0.15) is 71.1 Å². The summed E-state index contributed by atoms with van der Waals surface area (Å²) in [4.78, 5) is 9.59. The second-order valence-corrected chi connectivity index (χ2v) is 9.14. The zero-order valence-corrected chi connectivity index (χ0v) is 20.1. The molecular weight excluding hydrogens is 426 g/mol. The van der Waals surface area contributed by atoms with Crippen molar-refractivity contribution in [3.8, 4) is 0 Å². The molecule has 0 amide bonds. The van der Waals surface area contributed by atoms with Crippen LogP contribution in [0.15, 0.2) is 49.0 Å². The molecule has 30 heavy (non-hydrogen) atoms. The first-order chi connectivity index (χ1) is 14.5. The van der Waals surface area contributed by atoms with Crippen LogP contribution in [0.4, 0.5) is 0 Å². The average Bonchev–Trinajstić information content (AvgIpc) is 2.73. The SMILES string of the molecule is CCCCCCCCCCCCOP(=O)(O)O\C=C/C=C/C=C/C=C\O[PH](=O)OC. The van der Waals surface area contributed by atoms with Crippen molar-refractivity contribution < 1.29 is 32.1 Å². The minimum atomic E-state index is -4.06. The van der Waals surface area contributed by atoms with Crippen molar-refractivity contribution in [2.24, 2.45) is 0 Å². The van der Waals surface area contributed by atoms with Gasteiger partial charge in [0.25, 0.3) is 0 Å². The van der Waals surface area contributed by atoms with Crippen molar-refractivity contribution >= 4 is 16.1 Å². The summed E-state index contributed by atoms with van der Waals surface area (Å²) in [5, 5.41) is 0. The molecule has 1 N–H and O–H groups in total. The van der Waals surface area contributed by atoms with Crippen molar-refractivity contribution in [3.63, 3.8) is 0 Å². The standard InChI is InChI=1S/C21H38O7P2/c1-3-4-5-6-7-8-9-10-14-17-20-27-30(23,24)28-21-18-15-12-11-13-16-19-26-29(22)25-2/h11-13,15-16,18-19,21,29H,3-10,14,17,20H2,1-2H3,(H,23,24)/b13-11+,15-12+,19-16-,21-18-. The Balaban J connectivity index is 3.70. The molecule has 0 aromatic heterocycles. The Labute approximate surface area is 182 Å². The van der Waals surface area contributed by atoms with E-state index in [4.69, 9.17) is 13.6 Å². The Bertz CT molecular complexity index is 586. The number of unbranched alkanes of at least 4 members (excludes halogenated alkanes) is 9. The summed E-state index contributed by atoms with van der Waals surface area (Å²) < 4.78 is 41.5. The lowest BCUT2D eigenvalue weighted by molar-refractivity contribution is 0.184. The van der Waals surface area contributed by atoms with Crippen molar-refractivity contribution in [3.05, 3.63) is 49.0 Å². The predicted molar refractivity (Wildman–Crippen MR) is 122 cm³/mol. The lowest BCUT2D eigenvalue weighted by atomic mass is 10.1. The van der Waals surface area contributed by atoms with Crippen LogP contribution >= 0.6 is 16.1 Å². The van der Waals surface area contributed by atoms with E-state index in [2.05, 4.69) is 11.4 Å². The lowest BCUT2D eigenvalue weighted by Crippen LogP contribution is -1.94. The maximum Gasteiger partial charge on any atom is 0.526 e. The van der Waals surface area contributed by atoms with Crippen molar-refractivity contribution in [1.29, 1.82) is 0 Å². The van der Waals surface area contributed by atoms with Crippen molar-refractivity contribution in [1.82, 2.24) is 0 Å². The fraction of sp³-hybridized carbons (Fsp3) is 0.619. The normalized spacial score (nSPS) is 15.4. The molecule has 7 nitrogen and oxygen atoms in total. The van der Waals surface area contributed by atoms with Crippen molar-refractivity contribution in [2.45, 2.75) is 71.1 Å². The van der Waals surface area contributed by atoms with E-state index in [0.717, 1.165) is 25.5 Å². The molecule has 0 saturated heterocycles. The third-order valence-electron chi connectivity index (χ3n) is 3.99. The van der Waals surface area contributed by atoms with Gasteiger partial charge in [-0.05, 0) is 18.6 Å². The zero-order chi connectivity index (χ0) is 22.3. The molecule has 0 saturated carbocycles. The summed E-state index contributed by atoms with van der Waals surface area (Å²) in [6, 6.07) is 0. The van der Waals surface area contributed by atoms with E-state index in [9.17, 15) is 14.0 Å². The summed E-state index contributed by atoms with van der Waals surface area (Å²) in [6.45, 7) is 2.43. The third kappa shape index (κ3) is 21.6. The van der Waals surface area contributed by atoms with E-state index in [1.54, 1.807) is 30.4 Å². The van der Waals surface area contributed by atoms with Crippen molar-refractivity contribution in [2.75, 3.05) is 13.7 Å². The number of hydrogen-bond acceptors (Lipinski definition) is 6. The Kier molecular flexibility index (Phi) is 20.4. The predicted octanol–water partition coefficient (Wildman–Crippen LogP) is 7.23. The second kappa shape index (κ2) is 21.1. The highest BCUT2D eigenvalue weighted by molar-refractivity contribution is 7.47. The number of phosphoric ester groups is 1. The molecular formula is C21H38O7P2. The van der Waals surface area contributed by atoms with Crippen LogP contribution in [0.5, 0.6) is 0 Å². The van der Waals surface area contributed by atoms with E-state index >= 15 is 0 Å². The first kappa shape index (κ1) is 28.9. The lowest BCUT2D eigenvalue weighted by Gasteiger charge is -2.09. The highest BCUT2D eigenvalue weighted by Gasteiger charge is 2.19. The molecule has 0 aromatic rings. The van der Waals surface area contributed by atoms with E-state index in [1.165, 1.54) is 64.4 Å². The van der Waals surface area contributed by atoms with Crippen LogP contribution in [0, 0.1) is 0 Å². The van der Waals surface area contributed by atoms with E-state index in [-0.39, 0.29) is 6.61 Å². The number of rotatable bonds is 20. The fourth-order valence-corrected chi connectivity index (χ4v) is 3.33. The smallest absolute Gasteiger partial charge is 0.434 e. The minimum absolute atomic E-state index is 0.209. The molecule has 2 atom stereocenters. The molecule has 0 rings (SSSR count). The Morgan fingerprint density at radius 2 is 1.30 bits per heavy atom. The van der Waals surface area contributed by atoms with Crippen LogP contribution in [-0.2, 0) is 27.2 Å². The van der Waals surface area contributed by atoms with Gasteiger partial charge in [-0.25, -0.2) is 9.13 Å². The van der Waals surface area contributed by atoms with Crippen LogP contribution in [0.2, 0.25) is 0 Å². The molecule has 0 aliphatic rings. The van der Waals surface area contributed by atoms with Gasteiger partial charge in [0.15, 0.2) is 0 Å². The maximum atomic E-state index is 11.7. The minimum Gasteiger partial charge on any atom is -0.434 e. The van der Waals surface area contributed by atoms with Crippen LogP contribution in [0.25, 0.3) is 0 Å². The van der Waals surface area contributed by atoms with Gasteiger partial charge in [0.1, 0.15) is 0 Å². The van der Waals surface area contributed by atoms with Gasteiger partial charge in [0, 0.05) is 7.11 Å². The largest absolute Gasteiger partial charge is 0.526 e. The third-order valence-corrected chi connectivity index (χ3v) is 5.55. The van der Waals surface area contributed by atoms with Gasteiger partial charge in [-0.3, -0.25) is 9.42 Å². The maximum absolute atomic E-state index is 11.7. The first-order valence-electron chi connectivity index (χ1n) is 10.6. The molecule has 2 unspecified atom stereocenters. The average molecular weight is 464 g/mol. The molecule has 0 fully saturated rings. The molecule has 0 radical (unpaired) electrons. The second-order valence-electron chi connectivity index (χ2n) is 6.59. The fourth-order valence-electron chi connectivity index (χ4n) is 2.40. The molecule has 9 heteroatoms. The molecule has 0 aromatic carbocycles. The molecule has 0 aliphatic carbocycles. The number of phosphoric acid groups is 1. The van der Waals surface area contributed by atoms with Gasteiger partial charge in [-0.2, -0.15) is 0 Å². The number of allylic oxidation sites excluding steroid dienone is 6. The van der Waals surface area contributed by atoms with Gasteiger partial charge in [-0.1, -0.05) is 89.0 Å². The van der Waals surface area contributed by atoms with Gasteiger partial charge in [-0.15, -0.1) is 0 Å². The van der Waals surface area contributed by atoms with Gasteiger partial charge >= 0.3 is 16.1 Å². The van der Waals surface area contributed by atoms with E-state index in [0.29, 0.717) is 0 Å². The highest BCUT2D eigenvalue weighted by Crippen LogP contribution is 2.43. The molecule has 0 bridgehead atoms. The first-order valence-corrected chi connectivity index (χ1v) is 13.3. The number of hydrogen-bond donors (Lipinski definition) is 1. The van der Waals surface area contributed by atoms with Crippen LogP contribution < -0.4 is 0 Å². The molecule has 174 valence electrons. The quantitative estimate of drug-likeness (QED) is 0.0879. The summed E-state index contributed by atoms with van der Waals surface area (Å²) >= 11 is 0. The zero-order valence-electron chi connectivity index (χ0n) is 18.2. The summed E-state index contributed by atoms with van der Waals surface area (Å²) in [7, 11) is -5.20.